The second kappa shape index (κ2) is 7.26. The van der Waals surface area contributed by atoms with Gasteiger partial charge in [-0.2, -0.15) is 0 Å². The first kappa shape index (κ1) is 19.4. The Morgan fingerprint density at radius 2 is 0.800 bits per heavy atom. The van der Waals surface area contributed by atoms with Crippen LogP contribution < -0.4 is 0 Å². The molecule has 0 heterocycles. The van der Waals surface area contributed by atoms with Crippen molar-refractivity contribution in [2.45, 2.75) is 7.43 Å². The first-order valence-corrected chi connectivity index (χ1v) is 6.44. The summed E-state index contributed by atoms with van der Waals surface area (Å²) < 4.78 is 0. The van der Waals surface area contributed by atoms with E-state index in [1.165, 1.54) is 12.1 Å². The van der Waals surface area contributed by atoms with Gasteiger partial charge in [-0.3, -0.25) is 0 Å². The van der Waals surface area contributed by atoms with Crippen molar-refractivity contribution in [3.63, 3.8) is 0 Å². The zero-order valence-corrected chi connectivity index (χ0v) is 11.9. The van der Waals surface area contributed by atoms with Gasteiger partial charge < -0.3 is 20.4 Å². The summed E-state index contributed by atoms with van der Waals surface area (Å²) in [6.45, 7) is 0. The van der Waals surface area contributed by atoms with Crippen LogP contribution in [0.25, 0.3) is 11.1 Å². The number of hydrogen-bond donors (Lipinski definition) is 4. The lowest BCUT2D eigenvalue weighted by molar-refractivity contribution is 0.0651. The molecular weight excluding hydrogens is 332 g/mol. The van der Waals surface area contributed by atoms with Gasteiger partial charge in [0.15, 0.2) is 0 Å². The van der Waals surface area contributed by atoms with Gasteiger partial charge in [0.2, 0.25) is 0 Å². The largest absolute Gasteiger partial charge is 0.478 e. The molecule has 0 aliphatic rings. The minimum absolute atomic E-state index is 0. The molecule has 0 unspecified atom stereocenters. The molecular formula is C17H14O8. The number of carbonyl (C=O) groups is 4. The molecule has 8 nitrogen and oxygen atoms in total. The van der Waals surface area contributed by atoms with Gasteiger partial charge in [-0.15, -0.1) is 0 Å². The third kappa shape index (κ3) is 3.81. The van der Waals surface area contributed by atoms with Crippen molar-refractivity contribution in [2.24, 2.45) is 0 Å². The van der Waals surface area contributed by atoms with Crippen LogP contribution in [-0.4, -0.2) is 44.3 Å². The van der Waals surface area contributed by atoms with Gasteiger partial charge >= 0.3 is 23.9 Å². The minimum atomic E-state index is -1.45. The van der Waals surface area contributed by atoms with Crippen molar-refractivity contribution >= 4 is 23.9 Å². The van der Waals surface area contributed by atoms with E-state index in [1.54, 1.807) is 0 Å². The van der Waals surface area contributed by atoms with Crippen molar-refractivity contribution in [1.82, 2.24) is 0 Å². The van der Waals surface area contributed by atoms with Crippen LogP contribution in [0.5, 0.6) is 0 Å². The predicted octanol–water partition coefficient (Wildman–Crippen LogP) is 2.78. The maximum atomic E-state index is 11.2. The summed E-state index contributed by atoms with van der Waals surface area (Å²) >= 11 is 0. The normalized spacial score (nSPS) is 9.76. The number of carboxylic acids is 4. The van der Waals surface area contributed by atoms with Gasteiger partial charge in [-0.05, 0) is 35.4 Å². The molecule has 0 saturated carbocycles. The van der Waals surface area contributed by atoms with Gasteiger partial charge in [0.25, 0.3) is 0 Å². The molecule has 2 aromatic rings. The molecule has 8 heteroatoms. The summed E-state index contributed by atoms with van der Waals surface area (Å²) in [4.78, 5) is 44.4. The van der Waals surface area contributed by atoms with Crippen LogP contribution in [0.2, 0.25) is 0 Å². The molecule has 25 heavy (non-hydrogen) atoms. The number of benzene rings is 2. The smallest absolute Gasteiger partial charge is 0.336 e. The van der Waals surface area contributed by atoms with Crippen LogP contribution in [-0.2, 0) is 0 Å². The molecule has 0 spiro atoms. The monoisotopic (exact) mass is 346 g/mol. The summed E-state index contributed by atoms with van der Waals surface area (Å²) in [5, 5.41) is 36.2. The van der Waals surface area contributed by atoms with Crippen molar-refractivity contribution in [3.8, 4) is 11.1 Å². The van der Waals surface area contributed by atoms with E-state index in [1.807, 2.05) is 0 Å². The summed E-state index contributed by atoms with van der Waals surface area (Å²) in [5.41, 5.74) is -1.24. The van der Waals surface area contributed by atoms with Crippen molar-refractivity contribution in [1.29, 1.82) is 0 Å². The Hall–Kier alpha value is -3.68. The summed E-state index contributed by atoms with van der Waals surface area (Å²) in [6, 6.07) is 6.99. The fourth-order valence-electron chi connectivity index (χ4n) is 2.17. The van der Waals surface area contributed by atoms with Crippen LogP contribution in [0.1, 0.15) is 48.9 Å². The SMILES string of the molecule is C.O=C(O)c1ccc(-c2ccc(C(=O)O)c(C(=O)O)c2)cc1C(=O)O. The Balaban J connectivity index is 0.00000312. The highest BCUT2D eigenvalue weighted by Gasteiger charge is 2.19. The molecule has 0 radical (unpaired) electrons. The van der Waals surface area contributed by atoms with Crippen LogP contribution in [0, 0.1) is 0 Å². The third-order valence-corrected chi connectivity index (χ3v) is 3.29. The standard InChI is InChI=1S/C16H10O8.CH4/c17-13(18)9-3-1-7(5-11(9)15(21)22)8-2-4-10(14(19)20)12(6-8)16(23)24;/h1-6H,(H,17,18)(H,19,20)(H,21,22)(H,23,24);1H4. The van der Waals surface area contributed by atoms with Crippen molar-refractivity contribution in [3.05, 3.63) is 58.7 Å². The van der Waals surface area contributed by atoms with E-state index in [4.69, 9.17) is 20.4 Å². The first-order chi connectivity index (χ1) is 11.2. The van der Waals surface area contributed by atoms with Gasteiger partial charge in [0.05, 0.1) is 22.3 Å². The average molecular weight is 346 g/mol. The third-order valence-electron chi connectivity index (χ3n) is 3.29. The van der Waals surface area contributed by atoms with E-state index >= 15 is 0 Å². The van der Waals surface area contributed by atoms with Crippen LogP contribution in [0.4, 0.5) is 0 Å². The van der Waals surface area contributed by atoms with Crippen LogP contribution in [0.3, 0.4) is 0 Å². The Morgan fingerprint density at radius 1 is 0.520 bits per heavy atom. The molecule has 0 aliphatic carbocycles. The Bertz CT molecular complexity index is 809. The fraction of sp³-hybridized carbons (Fsp3) is 0.0588. The van der Waals surface area contributed by atoms with Crippen molar-refractivity contribution in [2.75, 3.05) is 0 Å². The van der Waals surface area contributed by atoms with Gasteiger partial charge in [-0.25, -0.2) is 19.2 Å². The molecule has 0 fully saturated rings. The second-order valence-electron chi connectivity index (χ2n) is 4.74. The number of rotatable bonds is 5. The minimum Gasteiger partial charge on any atom is -0.478 e. The molecule has 2 rings (SSSR count). The Morgan fingerprint density at radius 3 is 1.04 bits per heavy atom. The van der Waals surface area contributed by atoms with Crippen LogP contribution >= 0.6 is 0 Å². The first-order valence-electron chi connectivity index (χ1n) is 6.44. The molecule has 4 N–H and O–H groups in total. The number of hydrogen-bond acceptors (Lipinski definition) is 4. The maximum Gasteiger partial charge on any atom is 0.336 e. The number of aromatic carboxylic acids is 4. The molecule has 0 aromatic heterocycles. The van der Waals surface area contributed by atoms with E-state index in [9.17, 15) is 19.2 Å². The molecule has 0 bridgehead atoms. The molecule has 0 amide bonds. The zero-order valence-electron chi connectivity index (χ0n) is 11.9. The lowest BCUT2D eigenvalue weighted by Crippen LogP contribution is -2.09. The van der Waals surface area contributed by atoms with Crippen LogP contribution in [0.15, 0.2) is 36.4 Å². The second-order valence-corrected chi connectivity index (χ2v) is 4.74. The lowest BCUT2D eigenvalue weighted by atomic mass is 9.96. The van der Waals surface area contributed by atoms with Gasteiger partial charge in [-0.1, -0.05) is 19.6 Å². The zero-order chi connectivity index (χ0) is 18.0. The topological polar surface area (TPSA) is 149 Å². The molecule has 130 valence electrons. The molecule has 0 aliphatic heterocycles. The molecule has 2 aromatic carbocycles. The summed E-state index contributed by atoms with van der Waals surface area (Å²) in [5.74, 6) is -5.72. The highest BCUT2D eigenvalue weighted by atomic mass is 16.4. The average Bonchev–Trinajstić information content (AvgIpc) is 2.53. The van der Waals surface area contributed by atoms with E-state index in [0.29, 0.717) is 0 Å². The van der Waals surface area contributed by atoms with E-state index in [2.05, 4.69) is 0 Å². The lowest BCUT2D eigenvalue weighted by Gasteiger charge is -2.09. The quantitative estimate of drug-likeness (QED) is 0.645. The predicted molar refractivity (Wildman–Crippen MR) is 86.4 cm³/mol. The highest BCUT2D eigenvalue weighted by molar-refractivity contribution is 6.04. The van der Waals surface area contributed by atoms with Crippen molar-refractivity contribution < 1.29 is 39.6 Å². The molecule has 0 atom stereocenters. The van der Waals surface area contributed by atoms with E-state index < -0.39 is 46.1 Å². The molecule has 0 saturated heterocycles. The summed E-state index contributed by atoms with van der Waals surface area (Å²) in [7, 11) is 0. The van der Waals surface area contributed by atoms with E-state index in [-0.39, 0.29) is 18.6 Å². The summed E-state index contributed by atoms with van der Waals surface area (Å²) in [6.07, 6.45) is 0. The van der Waals surface area contributed by atoms with Gasteiger partial charge in [0, 0.05) is 0 Å². The maximum absolute atomic E-state index is 11.2. The highest BCUT2D eigenvalue weighted by Crippen LogP contribution is 2.25. The number of carboxylic acid groups (broad SMARTS) is 4. The van der Waals surface area contributed by atoms with E-state index in [0.717, 1.165) is 24.3 Å². The Labute approximate surface area is 141 Å². The van der Waals surface area contributed by atoms with Gasteiger partial charge in [0.1, 0.15) is 0 Å². The fourth-order valence-corrected chi connectivity index (χ4v) is 2.17. The Kier molecular flexibility index (Phi) is 5.62.